The lowest BCUT2D eigenvalue weighted by atomic mass is 9.78. The Morgan fingerprint density at radius 2 is 1.03 bits per heavy atom. The van der Waals surface area contributed by atoms with Crippen LogP contribution in [0.1, 0.15) is 170 Å². The molecule has 6 rings (SSSR count). The van der Waals surface area contributed by atoms with Crippen molar-refractivity contribution >= 4 is 48.1 Å². The number of hydrogen-bond acceptors (Lipinski definition) is 24. The normalized spacial score (nSPS) is 41.1. The average Bonchev–Trinajstić information content (AvgIpc) is 1.52. The van der Waals surface area contributed by atoms with Crippen LogP contribution in [-0.2, 0) is 85.7 Å². The number of amides is 2. The third-order valence-electron chi connectivity index (χ3n) is 21.1. The summed E-state index contributed by atoms with van der Waals surface area (Å²) >= 11 is 0. The van der Waals surface area contributed by atoms with Gasteiger partial charge in [-0.25, -0.2) is 9.59 Å². The molecule has 6 aliphatic rings. The monoisotopic (exact) mass is 1390 g/mol. The van der Waals surface area contributed by atoms with Crippen LogP contribution in [0.15, 0.2) is 25.3 Å². The van der Waals surface area contributed by atoms with Crippen molar-refractivity contribution in [3.8, 4) is 0 Å². The van der Waals surface area contributed by atoms with Gasteiger partial charge in [-0.3, -0.25) is 28.8 Å². The minimum atomic E-state index is -1.21. The lowest BCUT2D eigenvalue weighted by molar-refractivity contribution is -0.283. The van der Waals surface area contributed by atoms with Gasteiger partial charge >= 0.3 is 36.6 Å². The number of carbonyl (C=O) groups excluding carboxylic acids is 8. The highest BCUT2D eigenvalue weighted by Gasteiger charge is 2.58. The van der Waals surface area contributed by atoms with Crippen LogP contribution in [0.25, 0.3) is 0 Å². The predicted molar refractivity (Wildman–Crippen MR) is 367 cm³/mol. The van der Waals surface area contributed by atoms with Gasteiger partial charge in [0.05, 0.1) is 74.1 Å². The van der Waals surface area contributed by atoms with E-state index >= 15 is 0 Å². The van der Waals surface area contributed by atoms with Crippen molar-refractivity contribution in [1.29, 1.82) is 0 Å². The summed E-state index contributed by atoms with van der Waals surface area (Å²) in [7, 11) is 9.81. The molecule has 2 amide bonds. The van der Waals surface area contributed by atoms with Gasteiger partial charge in [0.25, 0.3) is 0 Å². The molecule has 3 N–H and O–H groups in total. The van der Waals surface area contributed by atoms with Gasteiger partial charge < -0.3 is 82.7 Å². The zero-order valence-electron chi connectivity index (χ0n) is 63.4. The Morgan fingerprint density at radius 3 is 1.39 bits per heavy atom. The summed E-state index contributed by atoms with van der Waals surface area (Å²) in [5.74, 6) is -6.26. The second kappa shape index (κ2) is 37.3. The Labute approximate surface area is 584 Å². The molecule has 6 fully saturated rings. The SMILES string of the molecule is C=CCO[C@]1(C)C[C@@H](C)CN(OC)[C@H](C)[C@H]2NC(=O)O[C@]2(C)[C@@H](CC)OC(=O)C(C)C(=O)[C@@H](C)C1O[C@@H]1OC(C)CC(N(C)C)C1C.C=CCO[C@]1(C)C[C@@H](C)CN[C@H](C)[C@H]2NC(=O)O[C@]2(C)[C@@H](CC)OC(=O)[C@H](C)C(=O)[C@@H](C)C1O[C@@H]1OC(C)CC(N(C)C)C1C.CC(=O)OC=O. The van der Waals surface area contributed by atoms with E-state index in [1.54, 1.807) is 60.8 Å². The number of fused-ring (bicyclic) bond motifs is 2. The number of nitrogens with one attached hydrogen (secondary N) is 3. The molecular formula is C72H124N6O20. The van der Waals surface area contributed by atoms with Crippen LogP contribution in [-0.4, -0.2) is 232 Å². The van der Waals surface area contributed by atoms with Crippen molar-refractivity contribution in [1.82, 2.24) is 30.8 Å². The highest BCUT2D eigenvalue weighted by Crippen LogP contribution is 2.43. The molecule has 6 saturated heterocycles. The van der Waals surface area contributed by atoms with E-state index < -0.39 is 125 Å². The molecule has 0 aromatic carbocycles. The molecule has 0 spiro atoms. The largest absolute Gasteiger partial charge is 0.458 e. The van der Waals surface area contributed by atoms with Gasteiger partial charge in [-0.2, -0.15) is 5.06 Å². The number of alkyl carbamates (subject to hydrolysis) is 2. The Bertz CT molecular complexity index is 2670. The van der Waals surface area contributed by atoms with E-state index in [1.165, 1.54) is 0 Å². The van der Waals surface area contributed by atoms with Gasteiger partial charge in [-0.05, 0) is 154 Å². The molecule has 0 bridgehead atoms. The van der Waals surface area contributed by atoms with Crippen LogP contribution in [0.4, 0.5) is 9.59 Å². The molecule has 0 aliphatic carbocycles. The number of ether oxygens (including phenoxy) is 11. The number of Topliss-reactive ketones (excluding diaryl/α,β-unsaturated/α-hetero) is 2. The molecule has 0 saturated carbocycles. The zero-order valence-corrected chi connectivity index (χ0v) is 63.4. The molecule has 98 heavy (non-hydrogen) atoms. The minimum absolute atomic E-state index is 0.00548. The molecule has 26 heteroatoms. The van der Waals surface area contributed by atoms with Crippen molar-refractivity contribution in [2.75, 3.05) is 61.6 Å². The number of hydroxylamine groups is 2. The molecular weight excluding hydrogens is 1270 g/mol. The number of nitrogens with zero attached hydrogens (tertiary/aromatic N) is 3. The Balaban J connectivity index is 0.000000384. The van der Waals surface area contributed by atoms with Gasteiger partial charge in [0.2, 0.25) is 0 Å². The van der Waals surface area contributed by atoms with Crippen molar-refractivity contribution < 1.29 is 95.3 Å². The van der Waals surface area contributed by atoms with Crippen molar-refractivity contribution in [3.63, 3.8) is 0 Å². The van der Waals surface area contributed by atoms with Gasteiger partial charge in [0.15, 0.2) is 35.3 Å². The first-order valence-corrected chi connectivity index (χ1v) is 35.3. The topological polar surface area (TPSA) is 293 Å². The summed E-state index contributed by atoms with van der Waals surface area (Å²) in [5, 5.41) is 11.2. The van der Waals surface area contributed by atoms with Crippen molar-refractivity contribution in [3.05, 3.63) is 25.3 Å². The fraction of sp³-hybridized carbons (Fsp3) is 0.833. The number of hydrogen-bond donors (Lipinski definition) is 3. The van der Waals surface area contributed by atoms with Crippen LogP contribution >= 0.6 is 0 Å². The van der Waals surface area contributed by atoms with Crippen LogP contribution in [0, 0.1) is 47.3 Å². The summed E-state index contributed by atoms with van der Waals surface area (Å²) in [5.41, 5.74) is -4.29. The molecule has 6 aliphatic heterocycles. The van der Waals surface area contributed by atoms with E-state index in [9.17, 15) is 38.4 Å². The number of esters is 3. The number of ketones is 2. The van der Waals surface area contributed by atoms with Gasteiger partial charge in [0.1, 0.15) is 24.0 Å². The van der Waals surface area contributed by atoms with E-state index in [0.29, 0.717) is 38.8 Å². The lowest BCUT2D eigenvalue weighted by Gasteiger charge is -2.48. The summed E-state index contributed by atoms with van der Waals surface area (Å²) < 4.78 is 67.0. The number of cyclic esters (lactones) is 2. The van der Waals surface area contributed by atoms with Crippen molar-refractivity contribution in [2.24, 2.45) is 47.3 Å². The lowest BCUT2D eigenvalue weighted by Crippen LogP contribution is -2.60. The highest BCUT2D eigenvalue weighted by molar-refractivity contribution is 6.00. The molecule has 6 heterocycles. The zero-order chi connectivity index (χ0) is 74.3. The molecule has 26 nitrogen and oxygen atoms in total. The Hall–Kier alpha value is -5.00. The predicted octanol–water partition coefficient (Wildman–Crippen LogP) is 8.14. The summed E-state index contributed by atoms with van der Waals surface area (Å²) in [6.45, 7) is 44.9. The summed E-state index contributed by atoms with van der Waals surface area (Å²) in [6, 6.07) is -1.21. The van der Waals surface area contributed by atoms with Gasteiger partial charge in [-0.1, -0.05) is 67.5 Å². The minimum Gasteiger partial charge on any atom is -0.458 e. The highest BCUT2D eigenvalue weighted by atomic mass is 16.7. The summed E-state index contributed by atoms with van der Waals surface area (Å²) in [4.78, 5) is 110. The second-order valence-corrected chi connectivity index (χ2v) is 29.7. The van der Waals surface area contributed by atoms with Gasteiger partial charge in [-0.15, -0.1) is 13.2 Å². The molecule has 9 unspecified atom stereocenters. The van der Waals surface area contributed by atoms with Crippen LogP contribution in [0.3, 0.4) is 0 Å². The standard InChI is InChI=1S/C35H61N3O9.C34H59N3O8.C3H4O3/c1-14-16-43-34(9)18-20(3)19-38(42-13)25(8)29-35(10,47-33(41)36-29)27(15-2)45-31(40)24(7)28(39)23(6)30(34)46-32-22(5)26(37(11)12)17-21(4)44-32;1-13-15-41-33(9)17-19(3)18-35-24(8)28-34(10,45-32(40)36-28)26(14-2)43-30(39)23(7)27(38)22(6)29(33)44-31-21(5)25(37(11)12)16-20(4)42-31;1-3(5)6-2-4/h14,20-27,29-30,32H,1,15-19H2,2-13H3,(H,36,41);13,19-26,28-29,31,35H,1,14-18H2,2-12H3,(H,36,40);2H,1H3/t20-,21?,22?,23-,24?,25-,26?,27-,29-,30?,32+,34-,35-;19-,20?,21?,22-,23-,24-,25?,26-,28-,29?,31+,33-,34-;/m11./s1. The molecule has 0 aromatic rings. The first-order valence-electron chi connectivity index (χ1n) is 35.3. The molecule has 562 valence electrons. The average molecular weight is 1390 g/mol. The fourth-order valence-electron chi connectivity index (χ4n) is 15.7. The van der Waals surface area contributed by atoms with E-state index in [1.807, 2.05) is 60.5 Å². The van der Waals surface area contributed by atoms with Gasteiger partial charge in [0, 0.05) is 55.3 Å². The first-order chi connectivity index (χ1) is 45.7. The Kier molecular flexibility index (Phi) is 32.5. The molecule has 26 atom stereocenters. The van der Waals surface area contributed by atoms with E-state index in [2.05, 4.69) is 99.5 Å². The third-order valence-corrected chi connectivity index (χ3v) is 21.1. The van der Waals surface area contributed by atoms with Crippen LogP contribution < -0.4 is 16.0 Å². The number of carbonyl (C=O) groups is 8. The van der Waals surface area contributed by atoms with E-state index in [4.69, 9.17) is 52.2 Å². The first kappa shape index (κ1) is 85.4. The quantitative estimate of drug-likeness (QED) is 0.0432. The maximum absolute atomic E-state index is 14.3. The van der Waals surface area contributed by atoms with E-state index in [0.717, 1.165) is 19.8 Å². The third kappa shape index (κ3) is 21.1. The maximum atomic E-state index is 14.3. The smallest absolute Gasteiger partial charge is 0.408 e. The van der Waals surface area contributed by atoms with E-state index in [-0.39, 0.29) is 91.3 Å². The second-order valence-electron chi connectivity index (χ2n) is 29.7. The molecule has 0 aromatic heterocycles. The Morgan fingerprint density at radius 1 is 0.633 bits per heavy atom. The number of rotatable bonds is 16. The molecule has 0 radical (unpaired) electrons. The summed E-state index contributed by atoms with van der Waals surface area (Å²) in [6.07, 6.45) is 1.29. The van der Waals surface area contributed by atoms with Crippen molar-refractivity contribution in [2.45, 2.75) is 278 Å². The maximum Gasteiger partial charge on any atom is 0.408 e. The fourth-order valence-corrected chi connectivity index (χ4v) is 15.7. The van der Waals surface area contributed by atoms with Crippen LogP contribution in [0.2, 0.25) is 0 Å². The van der Waals surface area contributed by atoms with Crippen LogP contribution in [0.5, 0.6) is 0 Å².